The van der Waals surface area contributed by atoms with Crippen LogP contribution in [0.1, 0.15) is 63.6 Å². The first-order chi connectivity index (χ1) is 18.3. The minimum atomic E-state index is -0.508. The number of aromatic nitrogens is 1. The van der Waals surface area contributed by atoms with E-state index in [1.54, 1.807) is 0 Å². The first-order valence-electron chi connectivity index (χ1n) is 13.6. The molecule has 1 unspecified atom stereocenters. The standard InChI is InChI=1S/C32H39N3O3/c1-32(2,3)38-31(37)34-20-24-14-16-26(17-15-24)30(36)35-29(18-23-10-6-4-7-11-23)28-19-27(21-33-22-28)25-12-8-5-9-13-25/h4-13,19,21-22,24,26,29H,14-18,20H2,1-3H3,(H,34,37)(H,35,36)/t24-,26-,29?. The lowest BCUT2D eigenvalue weighted by Gasteiger charge is -2.30. The zero-order chi connectivity index (χ0) is 27.0. The third-order valence-electron chi connectivity index (χ3n) is 7.02. The topological polar surface area (TPSA) is 80.3 Å². The summed E-state index contributed by atoms with van der Waals surface area (Å²) in [5.41, 5.74) is 3.80. The molecule has 6 heteroatoms. The lowest BCUT2D eigenvalue weighted by Crippen LogP contribution is -2.39. The minimum Gasteiger partial charge on any atom is -0.444 e. The third-order valence-corrected chi connectivity index (χ3v) is 7.02. The van der Waals surface area contributed by atoms with Gasteiger partial charge in [0, 0.05) is 30.4 Å². The molecule has 4 rings (SSSR count). The molecule has 1 saturated carbocycles. The zero-order valence-corrected chi connectivity index (χ0v) is 22.7. The molecule has 0 bridgehead atoms. The van der Waals surface area contributed by atoms with E-state index in [-0.39, 0.29) is 24.0 Å². The van der Waals surface area contributed by atoms with Crippen LogP contribution in [0.3, 0.4) is 0 Å². The predicted molar refractivity (Wildman–Crippen MR) is 150 cm³/mol. The van der Waals surface area contributed by atoms with Gasteiger partial charge in [-0.25, -0.2) is 4.79 Å². The second-order valence-corrected chi connectivity index (χ2v) is 11.2. The Bertz CT molecular complexity index is 1180. The SMILES string of the molecule is CC(C)(C)OC(=O)NC[C@H]1CC[C@H](C(=O)NC(Cc2ccccc2)c2cncc(-c3ccccc3)c2)CC1. The van der Waals surface area contributed by atoms with Crippen molar-refractivity contribution in [3.05, 3.63) is 90.3 Å². The highest BCUT2D eigenvalue weighted by atomic mass is 16.6. The molecular weight excluding hydrogens is 474 g/mol. The lowest BCUT2D eigenvalue weighted by atomic mass is 9.81. The Hall–Kier alpha value is -3.67. The molecule has 1 atom stereocenters. The van der Waals surface area contributed by atoms with E-state index in [9.17, 15) is 9.59 Å². The predicted octanol–water partition coefficient (Wildman–Crippen LogP) is 6.48. The first-order valence-corrected chi connectivity index (χ1v) is 13.6. The van der Waals surface area contributed by atoms with Crippen molar-refractivity contribution in [2.24, 2.45) is 11.8 Å². The summed E-state index contributed by atoms with van der Waals surface area (Å²) in [5, 5.41) is 6.24. The molecule has 6 nitrogen and oxygen atoms in total. The van der Waals surface area contributed by atoms with Gasteiger partial charge in [-0.1, -0.05) is 60.7 Å². The van der Waals surface area contributed by atoms with E-state index in [0.717, 1.165) is 42.4 Å². The number of nitrogens with one attached hydrogen (secondary N) is 2. The van der Waals surface area contributed by atoms with Crippen LogP contribution in [0.25, 0.3) is 11.1 Å². The third kappa shape index (κ3) is 8.17. The smallest absolute Gasteiger partial charge is 0.407 e. The van der Waals surface area contributed by atoms with E-state index >= 15 is 0 Å². The number of hydrogen-bond acceptors (Lipinski definition) is 4. The van der Waals surface area contributed by atoms with E-state index in [4.69, 9.17) is 4.74 Å². The summed E-state index contributed by atoms with van der Waals surface area (Å²) in [7, 11) is 0. The maximum atomic E-state index is 13.4. The van der Waals surface area contributed by atoms with Crippen LogP contribution in [-0.4, -0.2) is 29.1 Å². The van der Waals surface area contributed by atoms with Gasteiger partial charge in [-0.2, -0.15) is 0 Å². The number of carbonyl (C=O) groups excluding carboxylic acids is 2. The molecule has 0 aliphatic heterocycles. The Balaban J connectivity index is 1.39. The summed E-state index contributed by atoms with van der Waals surface area (Å²) in [5.74, 6) is 0.421. The van der Waals surface area contributed by atoms with Gasteiger partial charge in [-0.05, 0) is 81.5 Å². The monoisotopic (exact) mass is 513 g/mol. The Morgan fingerprint density at radius 2 is 1.58 bits per heavy atom. The highest BCUT2D eigenvalue weighted by molar-refractivity contribution is 5.79. The van der Waals surface area contributed by atoms with Crippen LogP contribution in [-0.2, 0) is 16.0 Å². The highest BCUT2D eigenvalue weighted by Gasteiger charge is 2.29. The number of ether oxygens (including phenoxy) is 1. The van der Waals surface area contributed by atoms with Crippen molar-refractivity contribution in [3.63, 3.8) is 0 Å². The molecule has 1 heterocycles. The van der Waals surface area contributed by atoms with Gasteiger partial charge in [0.2, 0.25) is 5.91 Å². The lowest BCUT2D eigenvalue weighted by molar-refractivity contribution is -0.127. The van der Waals surface area contributed by atoms with Crippen molar-refractivity contribution in [1.82, 2.24) is 15.6 Å². The summed E-state index contributed by atoms with van der Waals surface area (Å²) in [6.07, 6.45) is 7.48. The van der Waals surface area contributed by atoms with Crippen LogP contribution in [0.15, 0.2) is 79.1 Å². The quantitative estimate of drug-likeness (QED) is 0.361. The Morgan fingerprint density at radius 1 is 0.921 bits per heavy atom. The molecule has 38 heavy (non-hydrogen) atoms. The van der Waals surface area contributed by atoms with E-state index in [0.29, 0.717) is 18.9 Å². The van der Waals surface area contributed by atoms with Gasteiger partial charge in [0.25, 0.3) is 0 Å². The zero-order valence-electron chi connectivity index (χ0n) is 22.7. The molecule has 0 saturated heterocycles. The number of amides is 2. The van der Waals surface area contributed by atoms with Crippen LogP contribution >= 0.6 is 0 Å². The van der Waals surface area contributed by atoms with Gasteiger partial charge in [-0.15, -0.1) is 0 Å². The van der Waals surface area contributed by atoms with Crippen LogP contribution < -0.4 is 10.6 Å². The fourth-order valence-electron chi connectivity index (χ4n) is 5.00. The Labute approximate surface area is 226 Å². The molecule has 1 aliphatic rings. The number of nitrogens with zero attached hydrogens (tertiary/aromatic N) is 1. The van der Waals surface area contributed by atoms with Gasteiger partial charge in [0.15, 0.2) is 0 Å². The fraction of sp³-hybridized carbons (Fsp3) is 0.406. The summed E-state index contributed by atoms with van der Waals surface area (Å²) in [4.78, 5) is 29.9. The number of benzene rings is 2. The van der Waals surface area contributed by atoms with Crippen LogP contribution in [0.5, 0.6) is 0 Å². The summed E-state index contributed by atoms with van der Waals surface area (Å²) >= 11 is 0. The molecule has 200 valence electrons. The van der Waals surface area contributed by atoms with Crippen molar-refractivity contribution in [3.8, 4) is 11.1 Å². The van der Waals surface area contributed by atoms with Crippen molar-refractivity contribution in [2.75, 3.05) is 6.54 Å². The van der Waals surface area contributed by atoms with Crippen LogP contribution in [0.2, 0.25) is 0 Å². The van der Waals surface area contributed by atoms with E-state index in [1.807, 2.05) is 69.6 Å². The molecule has 1 aromatic heterocycles. The van der Waals surface area contributed by atoms with Gasteiger partial charge >= 0.3 is 6.09 Å². The van der Waals surface area contributed by atoms with Crippen molar-refractivity contribution < 1.29 is 14.3 Å². The molecule has 2 amide bonds. The van der Waals surface area contributed by atoms with E-state index < -0.39 is 5.60 Å². The average Bonchev–Trinajstić information content (AvgIpc) is 2.92. The maximum Gasteiger partial charge on any atom is 0.407 e. The normalized spacial score (nSPS) is 18.3. The Kier molecular flexibility index (Phi) is 9.16. The first kappa shape index (κ1) is 27.4. The molecule has 2 N–H and O–H groups in total. The average molecular weight is 514 g/mol. The number of hydrogen-bond donors (Lipinski definition) is 2. The summed E-state index contributed by atoms with van der Waals surface area (Å²) < 4.78 is 5.34. The molecule has 0 spiro atoms. The van der Waals surface area contributed by atoms with Gasteiger partial charge in [0.05, 0.1) is 6.04 Å². The number of alkyl carbamates (subject to hydrolysis) is 1. The van der Waals surface area contributed by atoms with E-state index in [2.05, 4.69) is 45.9 Å². The molecular formula is C32H39N3O3. The molecule has 0 radical (unpaired) electrons. The van der Waals surface area contributed by atoms with Gasteiger partial charge in [-0.3, -0.25) is 9.78 Å². The second kappa shape index (κ2) is 12.7. The maximum absolute atomic E-state index is 13.4. The number of pyridine rings is 1. The molecule has 2 aromatic carbocycles. The van der Waals surface area contributed by atoms with Crippen molar-refractivity contribution in [2.45, 2.75) is 64.5 Å². The number of rotatable bonds is 8. The van der Waals surface area contributed by atoms with Crippen molar-refractivity contribution >= 4 is 12.0 Å². The van der Waals surface area contributed by atoms with Gasteiger partial charge in [0.1, 0.15) is 5.60 Å². The molecule has 1 fully saturated rings. The minimum absolute atomic E-state index is 0.0312. The van der Waals surface area contributed by atoms with E-state index in [1.165, 1.54) is 5.56 Å². The van der Waals surface area contributed by atoms with Gasteiger partial charge < -0.3 is 15.4 Å². The fourth-order valence-corrected chi connectivity index (χ4v) is 5.00. The van der Waals surface area contributed by atoms with Crippen LogP contribution in [0, 0.1) is 11.8 Å². The van der Waals surface area contributed by atoms with Crippen molar-refractivity contribution in [1.29, 1.82) is 0 Å². The second-order valence-electron chi connectivity index (χ2n) is 11.2. The molecule has 1 aliphatic carbocycles. The summed E-state index contributed by atoms with van der Waals surface area (Å²) in [6.45, 7) is 6.15. The molecule has 3 aromatic rings. The number of carbonyl (C=O) groups is 2. The Morgan fingerprint density at radius 3 is 2.24 bits per heavy atom. The highest BCUT2D eigenvalue weighted by Crippen LogP contribution is 2.30. The summed E-state index contributed by atoms with van der Waals surface area (Å²) in [6, 6.07) is 22.4. The van der Waals surface area contributed by atoms with Crippen LogP contribution in [0.4, 0.5) is 4.79 Å². The largest absolute Gasteiger partial charge is 0.444 e.